The summed E-state index contributed by atoms with van der Waals surface area (Å²) in [4.78, 5) is 11.3. The highest BCUT2D eigenvalue weighted by atomic mass is 32.2. The van der Waals surface area contributed by atoms with Crippen molar-refractivity contribution in [2.75, 3.05) is 36.4 Å². The fourth-order valence-corrected chi connectivity index (χ4v) is 5.06. The van der Waals surface area contributed by atoms with Crippen molar-refractivity contribution < 1.29 is 8.42 Å². The molecule has 2 aliphatic heterocycles. The Morgan fingerprint density at radius 3 is 2.41 bits per heavy atom. The molecule has 4 rings (SSSR count). The molecule has 0 atom stereocenters. The summed E-state index contributed by atoms with van der Waals surface area (Å²) in [6.07, 6.45) is 7.58. The molecule has 0 spiro atoms. The van der Waals surface area contributed by atoms with Crippen LogP contribution < -0.4 is 10.2 Å². The Bertz CT molecular complexity index is 873. The highest BCUT2D eigenvalue weighted by Crippen LogP contribution is 2.22. The molecule has 2 fully saturated rings. The SMILES string of the molecule is O=S(=O)(c1ccc(NCc2ccnc(N3CCCC3)c2)nc1)N1CCCC1. The normalized spacial score (nSPS) is 18.1. The predicted molar refractivity (Wildman–Crippen MR) is 105 cm³/mol. The smallest absolute Gasteiger partial charge is 0.244 e. The van der Waals surface area contributed by atoms with Crippen molar-refractivity contribution in [3.05, 3.63) is 42.2 Å². The first-order valence-electron chi connectivity index (χ1n) is 9.53. The van der Waals surface area contributed by atoms with E-state index in [0.29, 0.717) is 25.5 Å². The Morgan fingerprint density at radius 2 is 1.70 bits per heavy atom. The van der Waals surface area contributed by atoms with Gasteiger partial charge in [-0.1, -0.05) is 0 Å². The van der Waals surface area contributed by atoms with Gasteiger partial charge in [-0.05, 0) is 55.5 Å². The van der Waals surface area contributed by atoms with Gasteiger partial charge in [-0.3, -0.25) is 0 Å². The molecular formula is C19H25N5O2S. The summed E-state index contributed by atoms with van der Waals surface area (Å²) in [5, 5.41) is 3.26. The van der Waals surface area contributed by atoms with Gasteiger partial charge in [0.2, 0.25) is 10.0 Å². The number of nitrogens with zero attached hydrogens (tertiary/aromatic N) is 4. The molecule has 4 heterocycles. The monoisotopic (exact) mass is 387 g/mol. The van der Waals surface area contributed by atoms with Crippen LogP contribution in [0.1, 0.15) is 31.2 Å². The molecule has 8 heteroatoms. The topological polar surface area (TPSA) is 78.4 Å². The average Bonchev–Trinajstić information content (AvgIpc) is 3.41. The minimum absolute atomic E-state index is 0.259. The van der Waals surface area contributed by atoms with E-state index in [2.05, 4.69) is 26.3 Å². The van der Waals surface area contributed by atoms with E-state index in [1.165, 1.54) is 23.3 Å². The summed E-state index contributed by atoms with van der Waals surface area (Å²) in [5.41, 5.74) is 1.13. The van der Waals surface area contributed by atoms with Crippen LogP contribution in [0.25, 0.3) is 0 Å². The standard InChI is InChI=1S/C19H25N5O2S/c25-27(26,24-11-3-4-12-24)17-5-6-18(22-15-17)21-14-16-7-8-20-19(13-16)23-9-1-2-10-23/h5-8,13,15H,1-4,9-12,14H2,(H,21,22). The van der Waals surface area contributed by atoms with Crippen LogP contribution in [0.15, 0.2) is 41.6 Å². The molecule has 0 aromatic carbocycles. The lowest BCUT2D eigenvalue weighted by molar-refractivity contribution is 0.477. The van der Waals surface area contributed by atoms with Gasteiger partial charge in [0, 0.05) is 45.1 Å². The average molecular weight is 388 g/mol. The molecule has 2 aliphatic rings. The predicted octanol–water partition coefficient (Wildman–Crippen LogP) is 2.47. The van der Waals surface area contributed by atoms with E-state index in [1.807, 2.05) is 12.3 Å². The van der Waals surface area contributed by atoms with Crippen molar-refractivity contribution >= 4 is 21.7 Å². The fraction of sp³-hybridized carbons (Fsp3) is 0.474. The van der Waals surface area contributed by atoms with Gasteiger partial charge in [0.15, 0.2) is 0 Å². The first-order chi connectivity index (χ1) is 13.1. The summed E-state index contributed by atoms with van der Waals surface area (Å²) in [6.45, 7) is 3.96. The molecule has 2 aromatic heterocycles. The van der Waals surface area contributed by atoms with Crippen molar-refractivity contribution in [1.82, 2.24) is 14.3 Å². The fourth-order valence-electron chi connectivity index (χ4n) is 3.60. The molecular weight excluding hydrogens is 362 g/mol. The minimum atomic E-state index is -3.41. The first kappa shape index (κ1) is 18.2. The lowest BCUT2D eigenvalue weighted by Crippen LogP contribution is -2.27. The molecule has 7 nitrogen and oxygen atoms in total. The van der Waals surface area contributed by atoms with Gasteiger partial charge < -0.3 is 10.2 Å². The Kier molecular flexibility index (Phi) is 5.27. The lowest BCUT2D eigenvalue weighted by atomic mass is 10.2. The van der Waals surface area contributed by atoms with Gasteiger partial charge in [-0.25, -0.2) is 18.4 Å². The van der Waals surface area contributed by atoms with Gasteiger partial charge in [-0.15, -0.1) is 0 Å². The maximum absolute atomic E-state index is 12.5. The number of hydrogen-bond acceptors (Lipinski definition) is 6. The second-order valence-electron chi connectivity index (χ2n) is 7.06. The van der Waals surface area contributed by atoms with Crippen LogP contribution in [0.4, 0.5) is 11.6 Å². The zero-order valence-corrected chi connectivity index (χ0v) is 16.2. The molecule has 144 valence electrons. The molecule has 0 saturated carbocycles. The second kappa shape index (κ2) is 7.82. The number of pyridine rings is 2. The molecule has 0 aliphatic carbocycles. The Hall–Kier alpha value is -2.19. The maximum Gasteiger partial charge on any atom is 0.244 e. The molecule has 27 heavy (non-hydrogen) atoms. The van der Waals surface area contributed by atoms with Crippen LogP contribution in [0.2, 0.25) is 0 Å². The summed E-state index contributed by atoms with van der Waals surface area (Å²) in [7, 11) is -3.41. The molecule has 0 bridgehead atoms. The van der Waals surface area contributed by atoms with Gasteiger partial charge in [0.1, 0.15) is 16.5 Å². The van der Waals surface area contributed by atoms with Crippen molar-refractivity contribution in [2.45, 2.75) is 37.1 Å². The van der Waals surface area contributed by atoms with E-state index in [0.717, 1.165) is 37.3 Å². The van der Waals surface area contributed by atoms with E-state index in [1.54, 1.807) is 12.1 Å². The third-order valence-electron chi connectivity index (χ3n) is 5.15. The molecule has 2 saturated heterocycles. The Labute approximate surface area is 160 Å². The minimum Gasteiger partial charge on any atom is -0.366 e. The number of rotatable bonds is 6. The highest BCUT2D eigenvalue weighted by Gasteiger charge is 2.27. The van der Waals surface area contributed by atoms with Crippen LogP contribution >= 0.6 is 0 Å². The number of hydrogen-bond donors (Lipinski definition) is 1. The highest BCUT2D eigenvalue weighted by molar-refractivity contribution is 7.89. The number of anilines is 2. The van der Waals surface area contributed by atoms with E-state index in [-0.39, 0.29) is 4.90 Å². The third-order valence-corrected chi connectivity index (χ3v) is 7.03. The van der Waals surface area contributed by atoms with Crippen LogP contribution in [0.5, 0.6) is 0 Å². The van der Waals surface area contributed by atoms with Crippen LogP contribution in [-0.4, -0.2) is 48.9 Å². The van der Waals surface area contributed by atoms with Crippen LogP contribution in [0, 0.1) is 0 Å². The quantitative estimate of drug-likeness (QED) is 0.820. The number of sulfonamides is 1. The lowest BCUT2D eigenvalue weighted by Gasteiger charge is -2.17. The van der Waals surface area contributed by atoms with Gasteiger partial charge in [0.25, 0.3) is 0 Å². The van der Waals surface area contributed by atoms with Crippen LogP contribution in [0.3, 0.4) is 0 Å². The number of nitrogens with one attached hydrogen (secondary N) is 1. The third kappa shape index (κ3) is 4.06. The molecule has 2 aromatic rings. The van der Waals surface area contributed by atoms with E-state index < -0.39 is 10.0 Å². The van der Waals surface area contributed by atoms with Crippen molar-refractivity contribution in [3.63, 3.8) is 0 Å². The second-order valence-corrected chi connectivity index (χ2v) is 9.00. The van der Waals surface area contributed by atoms with Crippen molar-refractivity contribution in [3.8, 4) is 0 Å². The Morgan fingerprint density at radius 1 is 0.963 bits per heavy atom. The zero-order valence-electron chi connectivity index (χ0n) is 15.3. The van der Waals surface area contributed by atoms with Gasteiger partial charge >= 0.3 is 0 Å². The summed E-state index contributed by atoms with van der Waals surface area (Å²) < 4.78 is 26.6. The first-order valence-corrected chi connectivity index (χ1v) is 11.0. The number of aromatic nitrogens is 2. The van der Waals surface area contributed by atoms with Gasteiger partial charge in [0.05, 0.1) is 0 Å². The Balaban J connectivity index is 1.40. The van der Waals surface area contributed by atoms with Crippen molar-refractivity contribution in [2.24, 2.45) is 0 Å². The molecule has 0 amide bonds. The van der Waals surface area contributed by atoms with Crippen LogP contribution in [-0.2, 0) is 16.6 Å². The maximum atomic E-state index is 12.5. The summed E-state index contributed by atoms with van der Waals surface area (Å²) in [5.74, 6) is 1.68. The zero-order chi connectivity index (χ0) is 18.7. The largest absolute Gasteiger partial charge is 0.366 e. The van der Waals surface area contributed by atoms with E-state index in [4.69, 9.17) is 0 Å². The van der Waals surface area contributed by atoms with E-state index >= 15 is 0 Å². The van der Waals surface area contributed by atoms with Gasteiger partial charge in [-0.2, -0.15) is 4.31 Å². The molecule has 0 unspecified atom stereocenters. The summed E-state index contributed by atoms with van der Waals surface area (Å²) in [6, 6.07) is 7.44. The van der Waals surface area contributed by atoms with Crippen molar-refractivity contribution in [1.29, 1.82) is 0 Å². The molecule has 1 N–H and O–H groups in total. The van der Waals surface area contributed by atoms with E-state index in [9.17, 15) is 8.42 Å². The summed E-state index contributed by atoms with van der Waals surface area (Å²) >= 11 is 0. The molecule has 0 radical (unpaired) electrons.